The van der Waals surface area contributed by atoms with Crippen molar-refractivity contribution < 1.29 is 14.7 Å². The van der Waals surface area contributed by atoms with Crippen molar-refractivity contribution >= 4 is 23.5 Å². The third-order valence-corrected chi connectivity index (χ3v) is 5.37. The Morgan fingerprint density at radius 2 is 1.59 bits per heavy atom. The molecule has 0 saturated carbocycles. The average Bonchev–Trinajstić information content (AvgIpc) is 3.15. The quantitative estimate of drug-likeness (QED) is 0.706. The number of nitrogens with two attached hydrogens (primary N) is 1. The zero-order chi connectivity index (χ0) is 21.4. The Morgan fingerprint density at radius 1 is 1.07 bits per heavy atom. The van der Waals surface area contributed by atoms with Crippen LogP contribution < -0.4 is 5.73 Å². The number of nitrogens with zero attached hydrogens (tertiary/aromatic N) is 1. The largest absolute Gasteiger partial charge is 0.480 e. The molecule has 1 aliphatic carbocycles. The van der Waals surface area contributed by atoms with Gasteiger partial charge in [0.1, 0.15) is 6.54 Å². The van der Waals surface area contributed by atoms with E-state index in [0.29, 0.717) is 18.7 Å². The van der Waals surface area contributed by atoms with Crippen LogP contribution in [0.5, 0.6) is 0 Å². The van der Waals surface area contributed by atoms with Crippen molar-refractivity contribution in [3.05, 3.63) is 71.3 Å². The molecule has 0 spiro atoms. The van der Waals surface area contributed by atoms with E-state index in [4.69, 9.17) is 22.4 Å². The topological polar surface area (TPSA) is 83.6 Å². The van der Waals surface area contributed by atoms with Gasteiger partial charge in [-0.05, 0) is 35.4 Å². The van der Waals surface area contributed by atoms with Crippen LogP contribution in [0.2, 0.25) is 0 Å². The van der Waals surface area contributed by atoms with E-state index in [0.717, 1.165) is 0 Å². The lowest BCUT2D eigenvalue weighted by molar-refractivity contribution is -0.147. The summed E-state index contributed by atoms with van der Waals surface area (Å²) in [6, 6.07) is 17.2. The van der Waals surface area contributed by atoms with Crippen LogP contribution in [0.3, 0.4) is 0 Å². The predicted molar refractivity (Wildman–Crippen MR) is 116 cm³/mol. The number of hydrogen-bond acceptors (Lipinski definition) is 3. The molecule has 0 bridgehead atoms. The smallest absolute Gasteiger partial charge is 0.323 e. The number of fused-ring (bicyclic) bond motifs is 1. The summed E-state index contributed by atoms with van der Waals surface area (Å²) in [5, 5.41) is 9.10. The van der Waals surface area contributed by atoms with Crippen LogP contribution in [0, 0.1) is 5.92 Å². The number of alkyl halides is 1. The second-order valence-corrected chi connectivity index (χ2v) is 7.85. The fraction of sp³-hybridized carbons (Fsp3) is 0.391. The van der Waals surface area contributed by atoms with Crippen LogP contribution in [-0.2, 0) is 28.3 Å². The molecule has 6 heteroatoms. The minimum Gasteiger partial charge on any atom is -0.480 e. The summed E-state index contributed by atoms with van der Waals surface area (Å²) in [6.45, 7) is 3.44. The molecule has 0 aromatic heterocycles. The maximum atomic E-state index is 12.5. The highest BCUT2D eigenvalue weighted by atomic mass is 35.5. The van der Waals surface area contributed by atoms with Crippen molar-refractivity contribution in [2.45, 2.75) is 44.7 Å². The molecule has 29 heavy (non-hydrogen) atoms. The number of benzene rings is 2. The number of aliphatic carboxylic acids is 1. The number of amides is 1. The molecule has 1 unspecified atom stereocenters. The number of carbonyl (C=O) groups excluding carboxylic acids is 1. The summed E-state index contributed by atoms with van der Waals surface area (Å²) >= 11 is 5.53. The van der Waals surface area contributed by atoms with Crippen molar-refractivity contribution in [3.8, 4) is 0 Å². The fourth-order valence-corrected chi connectivity index (χ4v) is 3.51. The second-order valence-electron chi connectivity index (χ2n) is 7.58. The lowest BCUT2D eigenvalue weighted by Crippen LogP contribution is -2.52. The zero-order valence-corrected chi connectivity index (χ0v) is 17.7. The van der Waals surface area contributed by atoms with Crippen molar-refractivity contribution in [2.24, 2.45) is 11.7 Å². The van der Waals surface area contributed by atoms with E-state index in [1.165, 1.54) is 21.6 Å². The highest BCUT2D eigenvalue weighted by Gasteiger charge is 2.34. The van der Waals surface area contributed by atoms with Crippen LogP contribution in [-0.4, -0.2) is 40.5 Å². The molecule has 5 nitrogen and oxygen atoms in total. The maximum Gasteiger partial charge on any atom is 0.323 e. The Morgan fingerprint density at radius 3 is 2.00 bits per heavy atom. The monoisotopic (exact) mass is 416 g/mol. The maximum absolute atomic E-state index is 12.5. The summed E-state index contributed by atoms with van der Waals surface area (Å²) in [7, 11) is 0. The molecule has 0 aliphatic heterocycles. The number of carbonyl (C=O) groups is 2. The van der Waals surface area contributed by atoms with Crippen molar-refractivity contribution in [1.29, 1.82) is 0 Å². The molecule has 3 N–H and O–H groups in total. The molecule has 0 saturated heterocycles. The Kier molecular flexibility index (Phi) is 8.68. The highest BCUT2D eigenvalue weighted by molar-refractivity contribution is 6.17. The molecule has 0 radical (unpaired) electrons. The predicted octanol–water partition coefficient (Wildman–Crippen LogP) is 3.48. The van der Waals surface area contributed by atoms with E-state index in [9.17, 15) is 9.59 Å². The Labute approximate surface area is 177 Å². The first-order valence-corrected chi connectivity index (χ1v) is 10.3. The number of carboxylic acids is 1. The summed E-state index contributed by atoms with van der Waals surface area (Å²) in [5.74, 6) is -0.682. The van der Waals surface area contributed by atoms with Gasteiger partial charge in [0.2, 0.25) is 5.91 Å². The highest BCUT2D eigenvalue weighted by Crippen LogP contribution is 2.26. The van der Waals surface area contributed by atoms with Gasteiger partial charge in [-0.2, -0.15) is 0 Å². The van der Waals surface area contributed by atoms with Crippen LogP contribution in [0.4, 0.5) is 0 Å². The molecule has 3 rings (SSSR count). The number of hydrogen-bond donors (Lipinski definition) is 2. The molecule has 0 heterocycles. The normalized spacial score (nSPS) is 14.0. The van der Waals surface area contributed by atoms with E-state index >= 15 is 0 Å². The van der Waals surface area contributed by atoms with Gasteiger partial charge in [0.05, 0.1) is 6.04 Å². The Bertz CT molecular complexity index is 786. The Balaban J connectivity index is 0.000000313. The second kappa shape index (κ2) is 11.0. The standard InChI is InChI=1S/C16H22N2O3.C7H7Cl/c1-10(2)15(17)16(21)18(9-14(19)20)13-7-11-5-3-4-6-12(11)8-13;8-6-7-4-2-1-3-5-7/h3-6,10,13,15H,7-9,17H2,1-2H3,(H,19,20);1-5H,6H2. The minimum absolute atomic E-state index is 0.0161. The van der Waals surface area contributed by atoms with Gasteiger partial charge in [0.25, 0.3) is 0 Å². The van der Waals surface area contributed by atoms with Gasteiger partial charge in [0, 0.05) is 11.9 Å². The fourth-order valence-electron chi connectivity index (χ4n) is 3.33. The van der Waals surface area contributed by atoms with Crippen LogP contribution >= 0.6 is 11.6 Å². The molecular weight excluding hydrogens is 388 g/mol. The Hall–Kier alpha value is -2.37. The molecule has 1 atom stereocenters. The molecular formula is C23H29ClN2O3. The summed E-state index contributed by atoms with van der Waals surface area (Å²) < 4.78 is 0. The van der Waals surface area contributed by atoms with E-state index in [1.807, 2.05) is 68.4 Å². The van der Waals surface area contributed by atoms with Crippen LogP contribution in [0.15, 0.2) is 54.6 Å². The first-order valence-electron chi connectivity index (χ1n) is 9.78. The number of rotatable bonds is 6. The third kappa shape index (κ3) is 6.58. The first kappa shape index (κ1) is 22.9. The van der Waals surface area contributed by atoms with Gasteiger partial charge >= 0.3 is 5.97 Å². The van der Waals surface area contributed by atoms with Crippen molar-refractivity contribution in [3.63, 3.8) is 0 Å². The summed E-state index contributed by atoms with van der Waals surface area (Å²) in [4.78, 5) is 25.0. The molecule has 1 amide bonds. The molecule has 1 aliphatic rings. The number of halogens is 1. The number of carboxylic acid groups (broad SMARTS) is 1. The van der Waals surface area contributed by atoms with Gasteiger partial charge in [0.15, 0.2) is 0 Å². The summed E-state index contributed by atoms with van der Waals surface area (Å²) in [6.07, 6.45) is 1.39. The minimum atomic E-state index is -1.00. The van der Waals surface area contributed by atoms with E-state index < -0.39 is 12.0 Å². The van der Waals surface area contributed by atoms with Crippen molar-refractivity contribution in [2.75, 3.05) is 6.54 Å². The summed E-state index contributed by atoms with van der Waals surface area (Å²) in [5.41, 5.74) is 9.47. The third-order valence-electron chi connectivity index (χ3n) is 5.06. The molecule has 2 aromatic rings. The van der Waals surface area contributed by atoms with Gasteiger partial charge in [-0.25, -0.2) is 0 Å². The molecule has 156 valence electrons. The SMILES string of the molecule is CC(C)C(N)C(=O)N(CC(=O)O)C1Cc2ccccc2C1.ClCc1ccccc1. The van der Waals surface area contributed by atoms with Crippen LogP contribution in [0.1, 0.15) is 30.5 Å². The molecule has 0 fully saturated rings. The lowest BCUT2D eigenvalue weighted by Gasteiger charge is -2.31. The van der Waals surface area contributed by atoms with E-state index in [1.54, 1.807) is 0 Å². The lowest BCUT2D eigenvalue weighted by atomic mass is 10.0. The first-order chi connectivity index (χ1) is 13.8. The molecule has 2 aromatic carbocycles. The van der Waals surface area contributed by atoms with Gasteiger partial charge in [-0.15, -0.1) is 11.6 Å². The van der Waals surface area contributed by atoms with Crippen molar-refractivity contribution in [1.82, 2.24) is 4.90 Å². The van der Waals surface area contributed by atoms with Gasteiger partial charge in [-0.3, -0.25) is 9.59 Å². The van der Waals surface area contributed by atoms with E-state index in [-0.39, 0.29) is 24.4 Å². The average molecular weight is 417 g/mol. The van der Waals surface area contributed by atoms with E-state index in [2.05, 4.69) is 0 Å². The van der Waals surface area contributed by atoms with Gasteiger partial charge in [-0.1, -0.05) is 68.4 Å². The zero-order valence-electron chi connectivity index (χ0n) is 16.9. The van der Waals surface area contributed by atoms with Gasteiger partial charge < -0.3 is 15.7 Å². The van der Waals surface area contributed by atoms with Crippen LogP contribution in [0.25, 0.3) is 0 Å².